The van der Waals surface area contributed by atoms with Crippen LogP contribution in [0.2, 0.25) is 0 Å². The highest BCUT2D eigenvalue weighted by Crippen LogP contribution is 2.27. The van der Waals surface area contributed by atoms with Crippen molar-refractivity contribution in [3.05, 3.63) is 22.4 Å². The third-order valence-corrected chi connectivity index (χ3v) is 4.43. The van der Waals surface area contributed by atoms with Gasteiger partial charge in [-0.2, -0.15) is 0 Å². The van der Waals surface area contributed by atoms with E-state index in [9.17, 15) is 4.79 Å². The van der Waals surface area contributed by atoms with Crippen LogP contribution in [0.3, 0.4) is 0 Å². The van der Waals surface area contributed by atoms with E-state index in [-0.39, 0.29) is 11.9 Å². The van der Waals surface area contributed by atoms with Crippen molar-refractivity contribution in [1.82, 2.24) is 10.2 Å². The second-order valence-corrected chi connectivity index (χ2v) is 6.24. The first kappa shape index (κ1) is 14.5. The van der Waals surface area contributed by atoms with Crippen molar-refractivity contribution in [2.24, 2.45) is 5.73 Å². The number of rotatable bonds is 6. The standard InChI is InChI=1S/C14H23N3OS/c1-11(15)9-14(18)16-10-12(13-5-4-8-19-13)17-6-2-3-7-17/h4-5,8,11-12H,2-3,6-7,9-10,15H2,1H3,(H,16,18). The summed E-state index contributed by atoms with van der Waals surface area (Å²) < 4.78 is 0. The Morgan fingerprint density at radius 3 is 2.84 bits per heavy atom. The molecular formula is C14H23N3OS. The lowest BCUT2D eigenvalue weighted by Gasteiger charge is -2.27. The molecule has 1 amide bonds. The predicted octanol–water partition coefficient (Wildman–Crippen LogP) is 1.74. The van der Waals surface area contributed by atoms with Gasteiger partial charge in [0.25, 0.3) is 0 Å². The molecule has 3 N–H and O–H groups in total. The van der Waals surface area contributed by atoms with E-state index in [4.69, 9.17) is 5.73 Å². The smallest absolute Gasteiger partial charge is 0.221 e. The van der Waals surface area contributed by atoms with Crippen molar-refractivity contribution >= 4 is 17.2 Å². The molecule has 5 heteroatoms. The fourth-order valence-corrected chi connectivity index (χ4v) is 3.38. The first-order chi connectivity index (χ1) is 9.16. The topological polar surface area (TPSA) is 58.4 Å². The maximum atomic E-state index is 11.7. The Labute approximate surface area is 119 Å². The van der Waals surface area contributed by atoms with Gasteiger partial charge in [0, 0.05) is 23.9 Å². The average Bonchev–Trinajstić information content (AvgIpc) is 3.00. The molecule has 0 spiro atoms. The van der Waals surface area contributed by atoms with Crippen LogP contribution in [0.1, 0.15) is 37.1 Å². The number of amides is 1. The monoisotopic (exact) mass is 281 g/mol. The zero-order chi connectivity index (χ0) is 13.7. The third-order valence-electron chi connectivity index (χ3n) is 3.45. The zero-order valence-corrected chi connectivity index (χ0v) is 12.3. The minimum absolute atomic E-state index is 0.0516. The van der Waals surface area contributed by atoms with E-state index >= 15 is 0 Å². The van der Waals surface area contributed by atoms with Crippen LogP contribution in [-0.4, -0.2) is 36.5 Å². The lowest BCUT2D eigenvalue weighted by molar-refractivity contribution is -0.121. The summed E-state index contributed by atoms with van der Waals surface area (Å²) in [7, 11) is 0. The van der Waals surface area contributed by atoms with E-state index in [1.165, 1.54) is 17.7 Å². The van der Waals surface area contributed by atoms with E-state index in [2.05, 4.69) is 27.7 Å². The van der Waals surface area contributed by atoms with E-state index in [1.807, 2.05) is 6.92 Å². The molecule has 1 aromatic rings. The first-order valence-corrected chi connectivity index (χ1v) is 7.84. The van der Waals surface area contributed by atoms with E-state index in [1.54, 1.807) is 11.3 Å². The van der Waals surface area contributed by atoms with Crippen LogP contribution in [0.25, 0.3) is 0 Å². The molecule has 1 saturated heterocycles. The van der Waals surface area contributed by atoms with Gasteiger partial charge < -0.3 is 11.1 Å². The number of hydrogen-bond acceptors (Lipinski definition) is 4. The number of nitrogens with one attached hydrogen (secondary N) is 1. The summed E-state index contributed by atoms with van der Waals surface area (Å²) in [5.74, 6) is 0.0516. The lowest BCUT2D eigenvalue weighted by atomic mass is 10.2. The van der Waals surface area contributed by atoms with Crippen LogP contribution in [0.4, 0.5) is 0 Å². The Balaban J connectivity index is 1.92. The number of nitrogens with zero attached hydrogens (tertiary/aromatic N) is 1. The van der Waals surface area contributed by atoms with Crippen LogP contribution in [0.15, 0.2) is 17.5 Å². The van der Waals surface area contributed by atoms with E-state index in [0.29, 0.717) is 19.0 Å². The molecule has 1 aromatic heterocycles. The highest BCUT2D eigenvalue weighted by atomic mass is 32.1. The van der Waals surface area contributed by atoms with Crippen LogP contribution in [0, 0.1) is 0 Å². The largest absolute Gasteiger partial charge is 0.354 e. The van der Waals surface area contributed by atoms with Gasteiger partial charge in [-0.15, -0.1) is 11.3 Å². The molecule has 2 unspecified atom stereocenters. The Kier molecular flexibility index (Phi) is 5.36. The molecule has 2 heterocycles. The number of likely N-dealkylation sites (tertiary alicyclic amines) is 1. The number of thiophene rings is 1. The highest BCUT2D eigenvalue weighted by molar-refractivity contribution is 7.10. The van der Waals surface area contributed by atoms with Gasteiger partial charge in [-0.3, -0.25) is 9.69 Å². The van der Waals surface area contributed by atoms with Crippen LogP contribution < -0.4 is 11.1 Å². The van der Waals surface area contributed by atoms with Gasteiger partial charge in [-0.25, -0.2) is 0 Å². The van der Waals surface area contributed by atoms with Crippen LogP contribution in [0.5, 0.6) is 0 Å². The number of carbonyl (C=O) groups is 1. The Hall–Kier alpha value is -0.910. The quantitative estimate of drug-likeness (QED) is 0.835. The van der Waals surface area contributed by atoms with Crippen molar-refractivity contribution in [2.45, 2.75) is 38.3 Å². The summed E-state index contributed by atoms with van der Waals surface area (Å²) in [5.41, 5.74) is 5.65. The summed E-state index contributed by atoms with van der Waals surface area (Å²) in [6.45, 7) is 4.81. The molecule has 1 aliphatic rings. The second kappa shape index (κ2) is 7.03. The predicted molar refractivity (Wildman–Crippen MR) is 79.1 cm³/mol. The number of carbonyl (C=O) groups excluding carboxylic acids is 1. The average molecular weight is 281 g/mol. The summed E-state index contributed by atoms with van der Waals surface area (Å²) in [5, 5.41) is 5.12. The summed E-state index contributed by atoms with van der Waals surface area (Å²) >= 11 is 1.77. The van der Waals surface area contributed by atoms with Gasteiger partial charge in [0.1, 0.15) is 0 Å². The molecule has 19 heavy (non-hydrogen) atoms. The highest BCUT2D eigenvalue weighted by Gasteiger charge is 2.24. The molecule has 106 valence electrons. The minimum Gasteiger partial charge on any atom is -0.354 e. The Morgan fingerprint density at radius 1 is 1.53 bits per heavy atom. The minimum atomic E-state index is -0.0769. The molecule has 1 aliphatic heterocycles. The molecule has 4 nitrogen and oxygen atoms in total. The molecule has 1 fully saturated rings. The van der Waals surface area contributed by atoms with Gasteiger partial charge in [0.15, 0.2) is 0 Å². The molecule has 0 radical (unpaired) electrons. The van der Waals surface area contributed by atoms with Crippen molar-refractivity contribution in [2.75, 3.05) is 19.6 Å². The Bertz CT molecular complexity index is 385. The van der Waals surface area contributed by atoms with E-state index in [0.717, 1.165) is 13.1 Å². The third kappa shape index (κ3) is 4.30. The van der Waals surface area contributed by atoms with E-state index < -0.39 is 0 Å². The molecule has 0 aliphatic carbocycles. The summed E-state index contributed by atoms with van der Waals surface area (Å²) in [4.78, 5) is 15.5. The normalized spacial score (nSPS) is 19.3. The summed E-state index contributed by atoms with van der Waals surface area (Å²) in [6, 6.07) is 4.48. The fraction of sp³-hybridized carbons (Fsp3) is 0.643. The molecule has 0 saturated carbocycles. The first-order valence-electron chi connectivity index (χ1n) is 6.96. The zero-order valence-electron chi connectivity index (χ0n) is 11.5. The van der Waals surface area contributed by atoms with Crippen LogP contribution in [-0.2, 0) is 4.79 Å². The molecule has 2 rings (SSSR count). The van der Waals surface area contributed by atoms with Crippen molar-refractivity contribution in [3.63, 3.8) is 0 Å². The van der Waals surface area contributed by atoms with Gasteiger partial charge in [0.05, 0.1) is 6.04 Å². The van der Waals surface area contributed by atoms with Gasteiger partial charge in [-0.1, -0.05) is 6.07 Å². The number of nitrogens with two attached hydrogens (primary N) is 1. The van der Waals surface area contributed by atoms with Crippen LogP contribution >= 0.6 is 11.3 Å². The molecular weight excluding hydrogens is 258 g/mol. The second-order valence-electron chi connectivity index (χ2n) is 5.26. The SMILES string of the molecule is CC(N)CC(=O)NCC(c1cccs1)N1CCCC1. The van der Waals surface area contributed by atoms with Gasteiger partial charge in [-0.05, 0) is 44.3 Å². The Morgan fingerprint density at radius 2 is 2.26 bits per heavy atom. The summed E-state index contributed by atoms with van der Waals surface area (Å²) in [6.07, 6.45) is 2.92. The maximum absolute atomic E-state index is 11.7. The van der Waals surface area contributed by atoms with Gasteiger partial charge in [0.2, 0.25) is 5.91 Å². The maximum Gasteiger partial charge on any atom is 0.221 e. The molecule has 2 atom stereocenters. The van der Waals surface area contributed by atoms with Crippen molar-refractivity contribution < 1.29 is 4.79 Å². The van der Waals surface area contributed by atoms with Crippen molar-refractivity contribution in [3.8, 4) is 0 Å². The number of hydrogen-bond donors (Lipinski definition) is 2. The molecule has 0 bridgehead atoms. The lowest BCUT2D eigenvalue weighted by Crippen LogP contribution is -2.38. The van der Waals surface area contributed by atoms with Gasteiger partial charge >= 0.3 is 0 Å². The molecule has 0 aromatic carbocycles. The van der Waals surface area contributed by atoms with Crippen molar-refractivity contribution in [1.29, 1.82) is 0 Å². The fourth-order valence-electron chi connectivity index (χ4n) is 2.52.